The fourth-order valence-corrected chi connectivity index (χ4v) is 3.55. The molecule has 0 unspecified atom stereocenters. The van der Waals surface area contributed by atoms with Crippen LogP contribution in [-0.4, -0.2) is 18.6 Å². The van der Waals surface area contributed by atoms with Gasteiger partial charge in [0.15, 0.2) is 0 Å². The summed E-state index contributed by atoms with van der Waals surface area (Å²) < 4.78 is 1.22. The Morgan fingerprint density at radius 2 is 2.00 bits per heavy atom. The summed E-state index contributed by atoms with van der Waals surface area (Å²) in [6.07, 6.45) is 5.47. The number of nitrogens with zero attached hydrogens (tertiary/aromatic N) is 1. The fourth-order valence-electron chi connectivity index (χ4n) is 3.04. The Morgan fingerprint density at radius 3 is 2.55 bits per heavy atom. The molecule has 0 spiro atoms. The first-order valence-electron chi connectivity index (χ1n) is 7.90. The lowest BCUT2D eigenvalue weighted by Crippen LogP contribution is -2.33. The molecule has 3 heteroatoms. The van der Waals surface area contributed by atoms with Crippen molar-refractivity contribution in [3.05, 3.63) is 28.2 Å². The molecule has 1 aromatic rings. The van der Waals surface area contributed by atoms with E-state index in [9.17, 15) is 0 Å². The third-order valence-electron chi connectivity index (χ3n) is 4.18. The van der Waals surface area contributed by atoms with Crippen molar-refractivity contribution in [1.82, 2.24) is 5.32 Å². The van der Waals surface area contributed by atoms with Gasteiger partial charge >= 0.3 is 0 Å². The van der Waals surface area contributed by atoms with Gasteiger partial charge in [0.2, 0.25) is 0 Å². The van der Waals surface area contributed by atoms with Gasteiger partial charge in [-0.05, 0) is 37.5 Å². The molecule has 0 aromatic heterocycles. The molecule has 2 rings (SSSR count). The summed E-state index contributed by atoms with van der Waals surface area (Å²) in [5.74, 6) is 0. The van der Waals surface area contributed by atoms with Crippen LogP contribution in [0.1, 0.15) is 52.0 Å². The van der Waals surface area contributed by atoms with E-state index in [1.54, 1.807) is 0 Å². The average Bonchev–Trinajstić information content (AvgIpc) is 2.92. The summed E-state index contributed by atoms with van der Waals surface area (Å²) in [5.41, 5.74) is 2.70. The molecule has 1 N–H and O–H groups in total. The van der Waals surface area contributed by atoms with Crippen molar-refractivity contribution in [2.24, 2.45) is 0 Å². The van der Waals surface area contributed by atoms with Crippen LogP contribution in [0.5, 0.6) is 0 Å². The van der Waals surface area contributed by atoms with E-state index in [-0.39, 0.29) is 0 Å². The fraction of sp³-hybridized carbons (Fsp3) is 0.647. The van der Waals surface area contributed by atoms with E-state index in [1.165, 1.54) is 41.4 Å². The van der Waals surface area contributed by atoms with E-state index in [4.69, 9.17) is 0 Å². The van der Waals surface area contributed by atoms with Crippen LogP contribution < -0.4 is 10.2 Å². The monoisotopic (exact) mass is 338 g/mol. The Kier molecular flexibility index (Phi) is 5.91. The van der Waals surface area contributed by atoms with Gasteiger partial charge in [-0.25, -0.2) is 0 Å². The molecule has 1 aromatic carbocycles. The minimum Gasteiger partial charge on any atom is -0.369 e. The number of nitrogens with one attached hydrogen (secondary N) is 1. The summed E-state index contributed by atoms with van der Waals surface area (Å²) in [5, 5.41) is 3.48. The number of anilines is 1. The molecule has 1 fully saturated rings. The number of hydrogen-bond acceptors (Lipinski definition) is 2. The second-order valence-corrected chi connectivity index (χ2v) is 6.89. The van der Waals surface area contributed by atoms with Gasteiger partial charge in [-0.1, -0.05) is 48.7 Å². The molecule has 112 valence electrons. The minimum atomic E-state index is 0.521. The quantitative estimate of drug-likeness (QED) is 0.807. The number of benzene rings is 1. The first-order valence-corrected chi connectivity index (χ1v) is 8.69. The topological polar surface area (TPSA) is 15.3 Å². The molecule has 1 aliphatic carbocycles. The Morgan fingerprint density at radius 1 is 1.30 bits per heavy atom. The summed E-state index contributed by atoms with van der Waals surface area (Å²) in [6.45, 7) is 8.65. The van der Waals surface area contributed by atoms with Gasteiger partial charge in [0.25, 0.3) is 0 Å². The van der Waals surface area contributed by atoms with Crippen LogP contribution in [0, 0.1) is 0 Å². The van der Waals surface area contributed by atoms with Gasteiger partial charge in [-0.3, -0.25) is 0 Å². The maximum atomic E-state index is 3.74. The maximum absolute atomic E-state index is 3.74. The van der Waals surface area contributed by atoms with E-state index in [2.05, 4.69) is 65.1 Å². The molecule has 1 saturated carbocycles. The lowest BCUT2D eigenvalue weighted by atomic mass is 10.1. The Hall–Kier alpha value is -0.540. The Bertz CT molecular complexity index is 425. The van der Waals surface area contributed by atoms with E-state index in [1.807, 2.05) is 0 Å². The summed E-state index contributed by atoms with van der Waals surface area (Å²) in [4.78, 5) is 2.57. The average molecular weight is 339 g/mol. The smallest absolute Gasteiger partial charge is 0.0380 e. The lowest BCUT2D eigenvalue weighted by Gasteiger charge is -2.30. The molecule has 0 atom stereocenters. The predicted octanol–water partition coefficient (Wildman–Crippen LogP) is 4.72. The molecule has 0 heterocycles. The van der Waals surface area contributed by atoms with E-state index in [0.29, 0.717) is 6.04 Å². The number of halogens is 1. The standard InChI is InChI=1S/C17H27BrN2/c1-4-20(15-7-5-6-8-15)16-10-9-14(17(18)11-16)12-19-13(2)3/h9-11,13,15,19H,4-8,12H2,1-3H3. The zero-order chi connectivity index (χ0) is 14.5. The van der Waals surface area contributed by atoms with Crippen LogP contribution in [0.2, 0.25) is 0 Å². The first-order chi connectivity index (χ1) is 9.61. The zero-order valence-corrected chi connectivity index (χ0v) is 14.5. The third kappa shape index (κ3) is 3.98. The summed E-state index contributed by atoms with van der Waals surface area (Å²) in [7, 11) is 0. The maximum Gasteiger partial charge on any atom is 0.0380 e. The molecule has 0 amide bonds. The van der Waals surface area contributed by atoms with Gasteiger partial charge in [-0.2, -0.15) is 0 Å². The van der Waals surface area contributed by atoms with Crippen molar-refractivity contribution in [3.63, 3.8) is 0 Å². The highest BCUT2D eigenvalue weighted by molar-refractivity contribution is 9.10. The van der Waals surface area contributed by atoms with Gasteiger partial charge in [0.05, 0.1) is 0 Å². The van der Waals surface area contributed by atoms with Crippen molar-refractivity contribution < 1.29 is 0 Å². The third-order valence-corrected chi connectivity index (χ3v) is 4.91. The summed E-state index contributed by atoms with van der Waals surface area (Å²) in [6, 6.07) is 8.09. The van der Waals surface area contributed by atoms with Crippen LogP contribution in [0.25, 0.3) is 0 Å². The Balaban J connectivity index is 2.10. The second kappa shape index (κ2) is 7.46. The van der Waals surface area contributed by atoms with E-state index in [0.717, 1.165) is 19.1 Å². The molecule has 1 aliphatic rings. The van der Waals surface area contributed by atoms with Crippen LogP contribution in [0.15, 0.2) is 22.7 Å². The van der Waals surface area contributed by atoms with Crippen LogP contribution in [0.3, 0.4) is 0 Å². The van der Waals surface area contributed by atoms with Gasteiger partial charge < -0.3 is 10.2 Å². The highest BCUT2D eigenvalue weighted by Crippen LogP contribution is 2.30. The molecule has 2 nitrogen and oxygen atoms in total. The van der Waals surface area contributed by atoms with Gasteiger partial charge in [-0.15, -0.1) is 0 Å². The van der Waals surface area contributed by atoms with Gasteiger partial charge in [0, 0.05) is 35.3 Å². The van der Waals surface area contributed by atoms with Crippen molar-refractivity contribution in [2.45, 2.75) is 65.1 Å². The first kappa shape index (κ1) is 15.8. The number of rotatable bonds is 6. The molecule has 0 saturated heterocycles. The predicted molar refractivity (Wildman–Crippen MR) is 91.4 cm³/mol. The molecule has 0 radical (unpaired) electrons. The van der Waals surface area contributed by atoms with Crippen LogP contribution in [0.4, 0.5) is 5.69 Å². The Labute approximate surface area is 132 Å². The second-order valence-electron chi connectivity index (χ2n) is 6.04. The van der Waals surface area contributed by atoms with Crippen molar-refractivity contribution in [1.29, 1.82) is 0 Å². The molecule has 20 heavy (non-hydrogen) atoms. The lowest BCUT2D eigenvalue weighted by molar-refractivity contribution is 0.587. The zero-order valence-electron chi connectivity index (χ0n) is 13.0. The number of hydrogen-bond donors (Lipinski definition) is 1. The molecular weight excluding hydrogens is 312 g/mol. The van der Waals surface area contributed by atoms with E-state index < -0.39 is 0 Å². The highest BCUT2D eigenvalue weighted by Gasteiger charge is 2.21. The van der Waals surface area contributed by atoms with Crippen LogP contribution >= 0.6 is 15.9 Å². The largest absolute Gasteiger partial charge is 0.369 e. The molecular formula is C17H27BrN2. The summed E-state index contributed by atoms with van der Waals surface area (Å²) >= 11 is 3.74. The highest BCUT2D eigenvalue weighted by atomic mass is 79.9. The molecule has 0 aliphatic heterocycles. The normalized spacial score (nSPS) is 16.1. The van der Waals surface area contributed by atoms with Crippen LogP contribution in [-0.2, 0) is 6.54 Å². The van der Waals surface area contributed by atoms with Crippen molar-refractivity contribution in [2.75, 3.05) is 11.4 Å². The SMILES string of the molecule is CCN(c1ccc(CNC(C)C)c(Br)c1)C1CCCC1. The minimum absolute atomic E-state index is 0.521. The van der Waals surface area contributed by atoms with Gasteiger partial charge in [0.1, 0.15) is 0 Å². The van der Waals surface area contributed by atoms with E-state index >= 15 is 0 Å². The van der Waals surface area contributed by atoms with Crippen molar-refractivity contribution >= 4 is 21.6 Å². The van der Waals surface area contributed by atoms with Crippen molar-refractivity contribution in [3.8, 4) is 0 Å². The molecule has 0 bridgehead atoms.